The van der Waals surface area contributed by atoms with Gasteiger partial charge in [0.1, 0.15) is 23.9 Å². The van der Waals surface area contributed by atoms with Gasteiger partial charge in [0.05, 0.1) is 5.02 Å². The van der Waals surface area contributed by atoms with Gasteiger partial charge < -0.3 is 14.5 Å². The topological polar surface area (TPSA) is 51.5 Å². The maximum absolute atomic E-state index is 12.9. The van der Waals surface area contributed by atoms with E-state index >= 15 is 0 Å². The summed E-state index contributed by atoms with van der Waals surface area (Å²) < 4.78 is 23.8. The zero-order chi connectivity index (χ0) is 14.8. The van der Waals surface area contributed by atoms with Crippen molar-refractivity contribution in [1.29, 1.82) is 0 Å². The molecule has 0 atom stereocenters. The lowest BCUT2D eigenvalue weighted by Crippen LogP contribution is -2.24. The van der Waals surface area contributed by atoms with Crippen molar-refractivity contribution in [3.05, 3.63) is 52.7 Å². The monoisotopic (exact) mass is 309 g/mol. The van der Waals surface area contributed by atoms with Gasteiger partial charge in [-0.2, -0.15) is 0 Å². The molecule has 21 heavy (non-hydrogen) atoms. The Morgan fingerprint density at radius 2 is 2.19 bits per heavy atom. The minimum atomic E-state index is -0.426. The summed E-state index contributed by atoms with van der Waals surface area (Å²) in [5.74, 6) is 0.466. The molecule has 1 aliphatic rings. The summed E-state index contributed by atoms with van der Waals surface area (Å²) in [7, 11) is 0. The smallest absolute Gasteiger partial charge is 0.287 e. The molecule has 1 aromatic carbocycles. The molecule has 110 valence electrons. The lowest BCUT2D eigenvalue weighted by molar-refractivity contribution is 0.0919. The molecule has 0 unspecified atom stereocenters. The highest BCUT2D eigenvalue weighted by Crippen LogP contribution is 2.26. The Hall–Kier alpha value is -2.01. The molecule has 0 bridgehead atoms. The van der Waals surface area contributed by atoms with E-state index < -0.39 is 5.82 Å². The van der Waals surface area contributed by atoms with Gasteiger partial charge in [-0.05, 0) is 43.2 Å². The van der Waals surface area contributed by atoms with Crippen molar-refractivity contribution in [1.82, 2.24) is 5.32 Å². The largest absolute Gasteiger partial charge is 0.484 e. The second-order valence-corrected chi connectivity index (χ2v) is 5.28. The first-order valence-electron chi connectivity index (χ1n) is 6.59. The third-order valence-corrected chi connectivity index (χ3v) is 3.36. The zero-order valence-corrected chi connectivity index (χ0v) is 11.8. The number of amides is 1. The van der Waals surface area contributed by atoms with Crippen LogP contribution in [0.5, 0.6) is 5.75 Å². The van der Waals surface area contributed by atoms with E-state index in [0.29, 0.717) is 11.5 Å². The van der Waals surface area contributed by atoms with E-state index in [4.69, 9.17) is 20.8 Å². The first-order valence-corrected chi connectivity index (χ1v) is 6.97. The summed E-state index contributed by atoms with van der Waals surface area (Å²) in [4.78, 5) is 11.8. The van der Waals surface area contributed by atoms with Gasteiger partial charge in [-0.15, -0.1) is 0 Å². The summed E-state index contributed by atoms with van der Waals surface area (Å²) in [6.07, 6.45) is 2.04. The minimum Gasteiger partial charge on any atom is -0.484 e. The van der Waals surface area contributed by atoms with Gasteiger partial charge in [-0.1, -0.05) is 11.6 Å². The number of rotatable bonds is 5. The normalized spacial score (nSPS) is 14.0. The third-order valence-electron chi connectivity index (χ3n) is 3.06. The number of benzene rings is 1. The van der Waals surface area contributed by atoms with Crippen molar-refractivity contribution in [2.75, 3.05) is 0 Å². The molecule has 0 radical (unpaired) electrons. The first-order chi connectivity index (χ1) is 10.1. The van der Waals surface area contributed by atoms with Gasteiger partial charge in [-0.25, -0.2) is 4.39 Å². The second-order valence-electron chi connectivity index (χ2n) is 4.88. The van der Waals surface area contributed by atoms with Gasteiger partial charge >= 0.3 is 0 Å². The average molecular weight is 310 g/mol. The van der Waals surface area contributed by atoms with Gasteiger partial charge in [0.15, 0.2) is 5.76 Å². The molecule has 1 aromatic heterocycles. The highest BCUT2D eigenvalue weighted by atomic mass is 35.5. The maximum atomic E-state index is 12.9. The number of hydrogen-bond donors (Lipinski definition) is 1. The fourth-order valence-electron chi connectivity index (χ4n) is 1.80. The molecular formula is C15H13ClFNO3. The first kappa shape index (κ1) is 13.9. The Morgan fingerprint density at radius 3 is 2.90 bits per heavy atom. The lowest BCUT2D eigenvalue weighted by Gasteiger charge is -2.06. The van der Waals surface area contributed by atoms with Gasteiger partial charge in [0, 0.05) is 6.04 Å². The van der Waals surface area contributed by atoms with Crippen molar-refractivity contribution >= 4 is 17.5 Å². The van der Waals surface area contributed by atoms with E-state index in [1.54, 1.807) is 12.1 Å². The number of halogens is 2. The van der Waals surface area contributed by atoms with Crippen molar-refractivity contribution in [2.24, 2.45) is 0 Å². The van der Waals surface area contributed by atoms with Crippen LogP contribution in [0.15, 0.2) is 34.7 Å². The Labute approximate surface area is 125 Å². The molecule has 2 aromatic rings. The van der Waals surface area contributed by atoms with E-state index in [1.807, 2.05) is 0 Å². The Kier molecular flexibility index (Phi) is 3.84. The standard InChI is InChI=1S/C15H13ClFNO3/c16-12-7-9(17)1-5-13(12)20-8-11-4-6-14(21-11)15(19)18-10-2-3-10/h1,4-7,10H,2-3,8H2,(H,18,19). The number of furan rings is 1. The number of ether oxygens (including phenoxy) is 1. The molecule has 0 aliphatic heterocycles. The molecular weight excluding hydrogens is 297 g/mol. The van der Waals surface area contributed by atoms with Crippen molar-refractivity contribution < 1.29 is 18.3 Å². The Bertz CT molecular complexity index is 667. The molecule has 0 spiro atoms. The van der Waals surface area contributed by atoms with Crippen LogP contribution in [0.4, 0.5) is 4.39 Å². The van der Waals surface area contributed by atoms with Crippen LogP contribution >= 0.6 is 11.6 Å². The Balaban J connectivity index is 1.60. The van der Waals surface area contributed by atoms with Crippen molar-refractivity contribution in [3.63, 3.8) is 0 Å². The quantitative estimate of drug-likeness (QED) is 0.919. The van der Waals surface area contributed by atoms with E-state index in [1.165, 1.54) is 18.2 Å². The van der Waals surface area contributed by atoms with E-state index in [0.717, 1.165) is 12.8 Å². The van der Waals surface area contributed by atoms with Crippen LogP contribution in [0.2, 0.25) is 5.02 Å². The van der Waals surface area contributed by atoms with Crippen molar-refractivity contribution in [3.8, 4) is 5.75 Å². The molecule has 1 N–H and O–H groups in total. The van der Waals surface area contributed by atoms with Crippen molar-refractivity contribution in [2.45, 2.75) is 25.5 Å². The summed E-state index contributed by atoms with van der Waals surface area (Å²) in [6, 6.07) is 7.43. The zero-order valence-electron chi connectivity index (χ0n) is 11.1. The predicted octanol–water partition coefficient (Wildman–Crippen LogP) is 3.54. The van der Waals surface area contributed by atoms with Gasteiger partial charge in [0.2, 0.25) is 0 Å². The summed E-state index contributed by atoms with van der Waals surface area (Å²) in [5, 5.41) is 3.02. The molecule has 0 saturated heterocycles. The number of hydrogen-bond acceptors (Lipinski definition) is 3. The number of nitrogens with one attached hydrogen (secondary N) is 1. The maximum Gasteiger partial charge on any atom is 0.287 e. The second kappa shape index (κ2) is 5.77. The van der Waals surface area contributed by atoms with Crippen LogP contribution in [0, 0.1) is 5.82 Å². The van der Waals surface area contributed by atoms with Gasteiger partial charge in [-0.3, -0.25) is 4.79 Å². The average Bonchev–Trinajstić information content (AvgIpc) is 3.13. The molecule has 1 saturated carbocycles. The fraction of sp³-hybridized carbons (Fsp3) is 0.267. The molecule has 6 heteroatoms. The van der Waals surface area contributed by atoms with Crippen LogP contribution in [-0.2, 0) is 6.61 Å². The van der Waals surface area contributed by atoms with E-state index in [2.05, 4.69) is 5.32 Å². The molecule has 1 aliphatic carbocycles. The Morgan fingerprint density at radius 1 is 1.38 bits per heavy atom. The van der Waals surface area contributed by atoms with Crippen LogP contribution in [0.1, 0.15) is 29.2 Å². The van der Waals surface area contributed by atoms with Crippen LogP contribution < -0.4 is 10.1 Å². The fourth-order valence-corrected chi connectivity index (χ4v) is 2.02. The predicted molar refractivity (Wildman–Crippen MR) is 74.9 cm³/mol. The minimum absolute atomic E-state index is 0.113. The highest BCUT2D eigenvalue weighted by Gasteiger charge is 2.25. The van der Waals surface area contributed by atoms with E-state index in [9.17, 15) is 9.18 Å². The van der Waals surface area contributed by atoms with E-state index in [-0.39, 0.29) is 29.3 Å². The number of carbonyl (C=O) groups excluding carboxylic acids is 1. The van der Waals surface area contributed by atoms with Crippen LogP contribution in [0.3, 0.4) is 0 Å². The van der Waals surface area contributed by atoms with Crippen LogP contribution in [-0.4, -0.2) is 11.9 Å². The SMILES string of the molecule is O=C(NC1CC1)c1ccc(COc2ccc(F)cc2Cl)o1. The highest BCUT2D eigenvalue weighted by molar-refractivity contribution is 6.32. The number of carbonyl (C=O) groups is 1. The third kappa shape index (κ3) is 3.55. The molecule has 1 heterocycles. The molecule has 4 nitrogen and oxygen atoms in total. The summed E-state index contributed by atoms with van der Waals surface area (Å²) in [5.41, 5.74) is 0. The summed E-state index contributed by atoms with van der Waals surface area (Å²) in [6.45, 7) is 0.113. The molecule has 3 rings (SSSR count). The molecule has 1 fully saturated rings. The lowest BCUT2D eigenvalue weighted by atomic mass is 10.3. The molecule has 1 amide bonds. The van der Waals surface area contributed by atoms with Crippen LogP contribution in [0.25, 0.3) is 0 Å². The van der Waals surface area contributed by atoms with Gasteiger partial charge in [0.25, 0.3) is 5.91 Å². The summed E-state index contributed by atoms with van der Waals surface area (Å²) >= 11 is 5.86.